The van der Waals surface area contributed by atoms with Crippen molar-refractivity contribution < 1.29 is 13.6 Å². The van der Waals surface area contributed by atoms with E-state index >= 15 is 0 Å². The number of nitrogens with zero attached hydrogens (tertiary/aromatic N) is 3. The first-order valence-electron chi connectivity index (χ1n) is 5.64. The Hall–Kier alpha value is -2.31. The van der Waals surface area contributed by atoms with Crippen LogP contribution in [0.2, 0.25) is 0 Å². The molecule has 0 aliphatic rings. The zero-order valence-electron chi connectivity index (χ0n) is 10.2. The van der Waals surface area contributed by atoms with Crippen LogP contribution in [0.4, 0.5) is 8.78 Å². The number of hydrogen-bond donors (Lipinski definition) is 1. The van der Waals surface area contributed by atoms with E-state index in [4.69, 9.17) is 0 Å². The third-order valence-electron chi connectivity index (χ3n) is 2.53. The summed E-state index contributed by atoms with van der Waals surface area (Å²) >= 11 is 0. The molecule has 0 radical (unpaired) electrons. The Morgan fingerprint density at radius 1 is 1.42 bits per heavy atom. The van der Waals surface area contributed by atoms with E-state index in [-0.39, 0.29) is 5.56 Å². The van der Waals surface area contributed by atoms with Gasteiger partial charge in [0.05, 0.1) is 11.3 Å². The van der Waals surface area contributed by atoms with Crippen LogP contribution in [-0.2, 0) is 13.5 Å². The van der Waals surface area contributed by atoms with Gasteiger partial charge < -0.3 is 5.32 Å². The summed E-state index contributed by atoms with van der Waals surface area (Å²) in [6, 6.07) is 2.95. The molecule has 5 nitrogen and oxygen atoms in total. The van der Waals surface area contributed by atoms with Crippen LogP contribution in [0.25, 0.3) is 0 Å². The summed E-state index contributed by atoms with van der Waals surface area (Å²) in [6.45, 7) is 0.291. The van der Waals surface area contributed by atoms with Gasteiger partial charge in [0.15, 0.2) is 5.82 Å². The zero-order chi connectivity index (χ0) is 13.8. The normalized spacial score (nSPS) is 10.5. The second-order valence-electron chi connectivity index (χ2n) is 3.95. The van der Waals surface area contributed by atoms with E-state index in [0.29, 0.717) is 13.0 Å². The molecular weight excluding hydrogens is 254 g/mol. The van der Waals surface area contributed by atoms with E-state index in [2.05, 4.69) is 15.4 Å². The lowest BCUT2D eigenvalue weighted by Crippen LogP contribution is -2.27. The molecule has 2 rings (SSSR count). The fourth-order valence-corrected chi connectivity index (χ4v) is 1.59. The molecule has 0 fully saturated rings. The number of nitrogens with one attached hydrogen (secondary N) is 1. The van der Waals surface area contributed by atoms with Gasteiger partial charge in [-0.25, -0.2) is 9.37 Å². The maximum atomic E-state index is 13.3. The monoisotopic (exact) mass is 266 g/mol. The van der Waals surface area contributed by atoms with Gasteiger partial charge in [0, 0.05) is 32.4 Å². The Morgan fingerprint density at radius 3 is 2.89 bits per heavy atom. The third kappa shape index (κ3) is 3.12. The lowest BCUT2D eigenvalue weighted by atomic mass is 10.2. The van der Waals surface area contributed by atoms with Crippen LogP contribution in [0.3, 0.4) is 0 Å². The highest BCUT2D eigenvalue weighted by Crippen LogP contribution is 2.08. The van der Waals surface area contributed by atoms with Gasteiger partial charge in [0.25, 0.3) is 5.91 Å². The first kappa shape index (κ1) is 13.1. The molecule has 2 heterocycles. The van der Waals surface area contributed by atoms with Crippen LogP contribution in [0.15, 0.2) is 24.5 Å². The number of carbonyl (C=O) groups excluding carboxylic acids is 1. The lowest BCUT2D eigenvalue weighted by Gasteiger charge is -2.05. The van der Waals surface area contributed by atoms with E-state index in [0.717, 1.165) is 18.0 Å². The van der Waals surface area contributed by atoms with Crippen LogP contribution in [0.1, 0.15) is 16.1 Å². The van der Waals surface area contributed by atoms with Crippen molar-refractivity contribution in [2.24, 2.45) is 7.05 Å². The van der Waals surface area contributed by atoms with Gasteiger partial charge in [-0.05, 0) is 12.1 Å². The first-order valence-corrected chi connectivity index (χ1v) is 5.64. The van der Waals surface area contributed by atoms with Crippen molar-refractivity contribution in [3.63, 3.8) is 0 Å². The number of rotatable bonds is 4. The Morgan fingerprint density at radius 2 is 2.21 bits per heavy atom. The number of aryl methyl sites for hydroxylation is 1. The smallest absolute Gasteiger partial charge is 0.254 e. The molecule has 0 aliphatic heterocycles. The molecule has 0 saturated carbocycles. The summed E-state index contributed by atoms with van der Waals surface area (Å²) < 4.78 is 27.8. The average Bonchev–Trinajstić information content (AvgIpc) is 2.78. The molecule has 0 unspecified atom stereocenters. The van der Waals surface area contributed by atoms with Gasteiger partial charge in [-0.2, -0.15) is 9.49 Å². The Labute approximate surface area is 108 Å². The number of aromatic nitrogens is 3. The number of carbonyl (C=O) groups is 1. The predicted octanol–water partition coefficient (Wildman–Crippen LogP) is 1.07. The molecule has 0 saturated heterocycles. The summed E-state index contributed by atoms with van der Waals surface area (Å²) in [7, 11) is 1.79. The van der Waals surface area contributed by atoms with E-state index < -0.39 is 17.7 Å². The van der Waals surface area contributed by atoms with Crippen molar-refractivity contribution in [3.8, 4) is 0 Å². The van der Waals surface area contributed by atoms with Gasteiger partial charge in [0.1, 0.15) is 0 Å². The van der Waals surface area contributed by atoms with Gasteiger partial charge in [-0.15, -0.1) is 0 Å². The van der Waals surface area contributed by atoms with Crippen molar-refractivity contribution in [3.05, 3.63) is 47.5 Å². The molecular formula is C12H12F2N4O. The van der Waals surface area contributed by atoms with E-state index in [9.17, 15) is 13.6 Å². The minimum absolute atomic E-state index is 0.291. The van der Waals surface area contributed by atoms with E-state index in [1.807, 2.05) is 6.07 Å². The Balaban J connectivity index is 1.93. The molecule has 0 spiro atoms. The van der Waals surface area contributed by atoms with Gasteiger partial charge >= 0.3 is 0 Å². The number of halogens is 2. The van der Waals surface area contributed by atoms with Crippen LogP contribution < -0.4 is 5.32 Å². The minimum atomic E-state index is -1.28. The second-order valence-corrected chi connectivity index (χ2v) is 3.95. The quantitative estimate of drug-likeness (QED) is 0.842. The van der Waals surface area contributed by atoms with Crippen LogP contribution >= 0.6 is 0 Å². The SMILES string of the molecule is Cn1ccc(CCNC(=O)c2ccnc(F)c2F)n1. The average molecular weight is 266 g/mol. The van der Waals surface area contributed by atoms with Crippen molar-refractivity contribution in [2.45, 2.75) is 6.42 Å². The summed E-state index contributed by atoms with van der Waals surface area (Å²) in [5, 5.41) is 6.64. The molecule has 19 heavy (non-hydrogen) atoms. The third-order valence-corrected chi connectivity index (χ3v) is 2.53. The van der Waals surface area contributed by atoms with Gasteiger partial charge in [-0.3, -0.25) is 9.48 Å². The lowest BCUT2D eigenvalue weighted by molar-refractivity contribution is 0.0948. The maximum Gasteiger partial charge on any atom is 0.254 e. The Bertz CT molecular complexity index is 597. The van der Waals surface area contributed by atoms with Gasteiger partial charge in [-0.1, -0.05) is 0 Å². The summed E-state index contributed by atoms with van der Waals surface area (Å²) in [4.78, 5) is 14.8. The van der Waals surface area contributed by atoms with Crippen LogP contribution in [-0.4, -0.2) is 27.2 Å². The second kappa shape index (κ2) is 5.55. The van der Waals surface area contributed by atoms with E-state index in [1.165, 1.54) is 0 Å². The highest BCUT2D eigenvalue weighted by molar-refractivity contribution is 5.94. The van der Waals surface area contributed by atoms with Crippen molar-refractivity contribution in [1.29, 1.82) is 0 Å². The highest BCUT2D eigenvalue weighted by Gasteiger charge is 2.15. The fraction of sp³-hybridized carbons (Fsp3) is 0.250. The molecule has 2 aromatic heterocycles. The molecule has 2 aromatic rings. The number of amides is 1. The standard InChI is InChI=1S/C12H12F2N4O/c1-18-7-4-8(17-18)2-5-16-12(19)9-3-6-15-11(14)10(9)13/h3-4,6-7H,2,5H2,1H3,(H,16,19). The van der Waals surface area contributed by atoms with Crippen LogP contribution in [0.5, 0.6) is 0 Å². The Kier molecular flexibility index (Phi) is 3.84. The minimum Gasteiger partial charge on any atom is -0.352 e. The molecule has 0 aromatic carbocycles. The summed E-state index contributed by atoms with van der Waals surface area (Å²) in [6.07, 6.45) is 3.35. The first-order chi connectivity index (χ1) is 9.08. The van der Waals surface area contributed by atoms with Crippen molar-refractivity contribution >= 4 is 5.91 Å². The number of hydrogen-bond acceptors (Lipinski definition) is 3. The maximum absolute atomic E-state index is 13.3. The molecule has 0 atom stereocenters. The summed E-state index contributed by atoms with van der Waals surface area (Å²) in [5.41, 5.74) is 0.456. The fourth-order valence-electron chi connectivity index (χ4n) is 1.59. The van der Waals surface area contributed by atoms with Crippen LogP contribution in [0, 0.1) is 11.8 Å². The molecule has 7 heteroatoms. The molecule has 0 aliphatic carbocycles. The zero-order valence-corrected chi connectivity index (χ0v) is 10.2. The van der Waals surface area contributed by atoms with Gasteiger partial charge in [0.2, 0.25) is 5.95 Å². The van der Waals surface area contributed by atoms with Crippen molar-refractivity contribution in [2.75, 3.05) is 6.54 Å². The molecule has 1 amide bonds. The molecule has 100 valence electrons. The predicted molar refractivity (Wildman–Crippen MR) is 63.4 cm³/mol. The van der Waals surface area contributed by atoms with Crippen molar-refractivity contribution in [1.82, 2.24) is 20.1 Å². The largest absolute Gasteiger partial charge is 0.352 e. The molecule has 1 N–H and O–H groups in total. The highest BCUT2D eigenvalue weighted by atomic mass is 19.2. The molecule has 0 bridgehead atoms. The summed E-state index contributed by atoms with van der Waals surface area (Å²) in [5.74, 6) is -3.19. The number of pyridine rings is 1. The topological polar surface area (TPSA) is 59.8 Å². The van der Waals surface area contributed by atoms with E-state index in [1.54, 1.807) is 17.9 Å².